The van der Waals surface area contributed by atoms with Crippen LogP contribution in [0.4, 0.5) is 0 Å². The lowest BCUT2D eigenvalue weighted by Crippen LogP contribution is -2.49. The summed E-state index contributed by atoms with van der Waals surface area (Å²) in [5.41, 5.74) is 8.65. The Labute approximate surface area is 422 Å². The number of likely N-dealkylation sites (tertiary alicyclic amines) is 1. The monoisotopic (exact) mass is 994 g/mol. The van der Waals surface area contributed by atoms with Gasteiger partial charge in [-0.1, -0.05) is 74.0 Å². The van der Waals surface area contributed by atoms with Crippen LogP contribution in [0.25, 0.3) is 27.5 Å². The average Bonchev–Trinajstić information content (AvgIpc) is 4.19. The maximum Gasteiger partial charge on any atom is 0.248 e. The van der Waals surface area contributed by atoms with Gasteiger partial charge in [-0.05, 0) is 107 Å². The van der Waals surface area contributed by atoms with Crippen molar-refractivity contribution in [2.75, 3.05) is 13.1 Å². The smallest absolute Gasteiger partial charge is 0.248 e. The van der Waals surface area contributed by atoms with Crippen molar-refractivity contribution < 1.29 is 23.8 Å². The second-order valence-corrected chi connectivity index (χ2v) is 21.1. The molecule has 7 aromatic rings. The minimum atomic E-state index is -0.830. The van der Waals surface area contributed by atoms with Crippen molar-refractivity contribution in [1.29, 1.82) is 0 Å². The van der Waals surface area contributed by atoms with Crippen molar-refractivity contribution in [2.24, 2.45) is 10.9 Å². The highest BCUT2D eigenvalue weighted by Gasteiger charge is 2.43. The number of hydrogen-bond donors (Lipinski definition) is 3. The topological polar surface area (TPSA) is 178 Å². The number of halogens is 1. The van der Waals surface area contributed by atoms with Gasteiger partial charge >= 0.3 is 0 Å². The summed E-state index contributed by atoms with van der Waals surface area (Å²) in [5.74, 6) is 2.43. The number of aliphatic hydroxyl groups excluding tert-OH is 1. The van der Waals surface area contributed by atoms with Crippen molar-refractivity contribution >= 4 is 40.5 Å². The Bertz CT molecular complexity index is 3100. The second kappa shape index (κ2) is 20.0. The van der Waals surface area contributed by atoms with Crippen LogP contribution in [0.1, 0.15) is 109 Å². The molecule has 4 aromatic heterocycles. The van der Waals surface area contributed by atoms with E-state index in [1.807, 2.05) is 114 Å². The number of β-amino-alcohol motifs (C(OH)–C–C–N with tert-alkyl or cyclic N) is 1. The van der Waals surface area contributed by atoms with Crippen LogP contribution in [0.15, 0.2) is 101 Å². The molecule has 2 aliphatic heterocycles. The quantitative estimate of drug-likeness (QED) is 0.0897. The van der Waals surface area contributed by atoms with Gasteiger partial charge in [-0.2, -0.15) is 5.10 Å². The number of benzene rings is 3. The van der Waals surface area contributed by atoms with Gasteiger partial charge in [0.2, 0.25) is 11.8 Å². The largest absolute Gasteiger partial charge is 0.490 e. The Hall–Kier alpha value is -6.46. The molecule has 2 amide bonds. The third-order valence-corrected chi connectivity index (χ3v) is 15.6. The predicted octanol–water partition coefficient (Wildman–Crippen LogP) is 9.25. The van der Waals surface area contributed by atoms with Crippen molar-refractivity contribution in [3.8, 4) is 33.2 Å². The fraction of sp³-hybridized carbons (Fsp3) is 0.389. The van der Waals surface area contributed by atoms with Crippen LogP contribution in [0.5, 0.6) is 5.75 Å². The number of oxazole rings is 1. The van der Waals surface area contributed by atoms with E-state index in [0.29, 0.717) is 16.8 Å². The van der Waals surface area contributed by atoms with Crippen LogP contribution in [-0.4, -0.2) is 94.4 Å². The molecule has 0 bridgehead atoms. The number of hydrogen-bond acceptors (Lipinski definition) is 12. The van der Waals surface area contributed by atoms with Crippen molar-refractivity contribution in [3.63, 3.8) is 0 Å². The number of rotatable bonds is 15. The summed E-state index contributed by atoms with van der Waals surface area (Å²) in [6, 6.07) is 21.9. The predicted molar refractivity (Wildman–Crippen MR) is 274 cm³/mol. The highest BCUT2D eigenvalue weighted by molar-refractivity contribution is 7.15. The zero-order chi connectivity index (χ0) is 49.7. The van der Waals surface area contributed by atoms with Gasteiger partial charge in [-0.15, -0.1) is 21.5 Å². The van der Waals surface area contributed by atoms with Crippen LogP contribution in [0.2, 0.25) is 5.02 Å². The molecule has 5 atom stereocenters. The number of aromatic nitrogens is 6. The first-order valence-electron chi connectivity index (χ1n) is 24.4. The molecule has 2 fully saturated rings. The van der Waals surface area contributed by atoms with Crippen LogP contribution < -0.4 is 15.4 Å². The van der Waals surface area contributed by atoms with Crippen LogP contribution in [-0.2, 0) is 9.59 Å². The average molecular weight is 996 g/mol. The number of ether oxygens (including phenoxy) is 1. The number of aliphatic imine (C=N–C) groups is 1. The van der Waals surface area contributed by atoms with E-state index < -0.39 is 18.2 Å². The van der Waals surface area contributed by atoms with Crippen LogP contribution >= 0.6 is 22.9 Å². The lowest BCUT2D eigenvalue weighted by Gasteiger charge is -2.36. The highest BCUT2D eigenvalue weighted by atomic mass is 35.5. The highest BCUT2D eigenvalue weighted by Crippen LogP contribution is 2.40. The molecule has 0 radical (unpaired) electrons. The molecule has 71 heavy (non-hydrogen) atoms. The van der Waals surface area contributed by atoms with Gasteiger partial charge in [0.1, 0.15) is 40.8 Å². The fourth-order valence-electron chi connectivity index (χ4n) is 10.1. The Morgan fingerprint density at radius 3 is 2.44 bits per heavy atom. The molecule has 3 aromatic carbocycles. The molecule has 1 aliphatic carbocycles. The van der Waals surface area contributed by atoms with E-state index in [0.717, 1.165) is 93.0 Å². The number of carbonyl (C=O) groups is 2. The number of aryl methyl sites for hydroxylation is 3. The first-order chi connectivity index (χ1) is 34.2. The third-order valence-electron chi connectivity index (χ3n) is 14.2. The molecule has 15 nitrogen and oxygen atoms in total. The van der Waals surface area contributed by atoms with Crippen molar-refractivity contribution in [2.45, 2.75) is 117 Å². The minimum absolute atomic E-state index is 0.0611. The summed E-state index contributed by atoms with van der Waals surface area (Å²) < 4.78 is 15.9. The number of nitrogens with zero attached hydrogens (tertiary/aromatic N) is 8. The van der Waals surface area contributed by atoms with Gasteiger partial charge in [0.15, 0.2) is 18.0 Å². The van der Waals surface area contributed by atoms with Gasteiger partial charge in [-0.25, -0.2) is 4.98 Å². The molecule has 6 heterocycles. The molecule has 3 N–H and O–H groups in total. The molecule has 0 unspecified atom stereocenters. The summed E-state index contributed by atoms with van der Waals surface area (Å²) in [6.07, 6.45) is 6.93. The van der Waals surface area contributed by atoms with E-state index >= 15 is 0 Å². The standard InChI is InChI=1S/C54H59ClN10O5S/c1-29(2)49(53(68)63-27-42(66)24-46(63)52(67)59-31(4)35-11-13-37(14-12-35)50-32(5)57-28-69-50)64-26-39(25-58-64)38-9-8-10-43(21-38)70-44-22-41(23-44)56-20-19-45-51-62-61-34(7)65(51)54-47(30(3)33(6)71-54)48(60-45)36-15-17-40(55)18-16-36/h8-18,21,25-26,28-29,31,41-42,44-46,49,56,66H,19-20,22-24,27H2,1-7H3,(H,59,67)/t31-,41?,42+,44?,45-,46-,49+/m0/s1. The normalized spacial score (nSPS) is 20.5. The Balaban J connectivity index is 0.752. The van der Waals surface area contributed by atoms with Gasteiger partial charge in [-0.3, -0.25) is 23.8 Å². The summed E-state index contributed by atoms with van der Waals surface area (Å²) in [5, 5.41) is 33.3. The Morgan fingerprint density at radius 2 is 1.70 bits per heavy atom. The molecule has 368 valence electrons. The van der Waals surface area contributed by atoms with Gasteiger partial charge in [0.25, 0.3) is 0 Å². The van der Waals surface area contributed by atoms with Crippen LogP contribution in [0, 0.1) is 33.6 Å². The number of fused-ring (bicyclic) bond motifs is 3. The first-order valence-corrected chi connectivity index (χ1v) is 25.6. The van der Waals surface area contributed by atoms with E-state index in [-0.39, 0.29) is 48.9 Å². The summed E-state index contributed by atoms with van der Waals surface area (Å²) >= 11 is 8.07. The minimum Gasteiger partial charge on any atom is -0.490 e. The van der Waals surface area contributed by atoms with E-state index in [1.165, 1.54) is 21.7 Å². The number of carbonyl (C=O) groups excluding carboxylic acids is 2. The molecule has 10 rings (SSSR count). The molecular formula is C54H59ClN10O5S. The SMILES string of the molecule is Cc1ncoc1-c1ccc([C@H](C)NC(=O)[C@@H]2C[C@@H](O)CN2C(=O)[C@@H](C(C)C)n2cc(-c3cccc(OC4CC(NCC[C@@H]5N=C(c6ccc(Cl)cc6)c6c(sc(C)c6C)-n6c(C)nnc65)C4)c3)cn2)cc1. The maximum atomic E-state index is 14.4. The molecule has 17 heteroatoms. The summed E-state index contributed by atoms with van der Waals surface area (Å²) in [6.45, 7) is 14.9. The number of nitrogens with one attached hydrogen (secondary N) is 2. The Kier molecular flexibility index (Phi) is 13.6. The van der Waals surface area contributed by atoms with E-state index in [1.54, 1.807) is 22.2 Å². The molecule has 0 spiro atoms. The molecule has 1 saturated carbocycles. The van der Waals surface area contributed by atoms with E-state index in [2.05, 4.69) is 49.3 Å². The maximum absolute atomic E-state index is 14.4. The third kappa shape index (κ3) is 9.70. The molecule has 1 saturated heterocycles. The summed E-state index contributed by atoms with van der Waals surface area (Å²) in [4.78, 5) is 40.6. The van der Waals surface area contributed by atoms with E-state index in [9.17, 15) is 14.7 Å². The lowest BCUT2D eigenvalue weighted by atomic mass is 9.89. The Morgan fingerprint density at radius 1 is 0.944 bits per heavy atom. The zero-order valence-electron chi connectivity index (χ0n) is 41.0. The number of aliphatic hydroxyl groups is 1. The summed E-state index contributed by atoms with van der Waals surface area (Å²) in [7, 11) is 0. The number of amides is 2. The lowest BCUT2D eigenvalue weighted by molar-refractivity contribution is -0.142. The molecular weight excluding hydrogens is 936 g/mol. The van der Waals surface area contributed by atoms with Crippen LogP contribution in [0.3, 0.4) is 0 Å². The van der Waals surface area contributed by atoms with Crippen molar-refractivity contribution in [3.05, 3.63) is 141 Å². The van der Waals surface area contributed by atoms with Crippen molar-refractivity contribution in [1.82, 2.24) is 45.1 Å². The fourth-order valence-corrected chi connectivity index (χ4v) is 11.4. The van der Waals surface area contributed by atoms with Gasteiger partial charge in [0, 0.05) is 57.4 Å². The van der Waals surface area contributed by atoms with Gasteiger partial charge in [0.05, 0.1) is 29.7 Å². The molecule has 3 aliphatic rings. The number of thiophene rings is 1. The second-order valence-electron chi connectivity index (χ2n) is 19.5. The first kappa shape index (κ1) is 48.2. The van der Waals surface area contributed by atoms with E-state index in [4.69, 9.17) is 25.7 Å². The van der Waals surface area contributed by atoms with Gasteiger partial charge < -0.3 is 29.8 Å². The zero-order valence-corrected chi connectivity index (χ0v) is 42.5.